The molecule has 1 rings (SSSR count). The van der Waals surface area contributed by atoms with Crippen molar-refractivity contribution in [1.29, 1.82) is 0 Å². The lowest BCUT2D eigenvalue weighted by Crippen LogP contribution is -2.22. The van der Waals surface area contributed by atoms with E-state index in [1.54, 1.807) is 7.11 Å². The summed E-state index contributed by atoms with van der Waals surface area (Å²) in [6.07, 6.45) is 0.125. The first-order chi connectivity index (χ1) is 7.45. The Morgan fingerprint density at radius 3 is 2.56 bits per heavy atom. The lowest BCUT2D eigenvalue weighted by molar-refractivity contribution is -0.118. The molecule has 4 heteroatoms. The summed E-state index contributed by atoms with van der Waals surface area (Å²) in [5.41, 5.74) is 14.1. The van der Waals surface area contributed by atoms with Crippen molar-refractivity contribution in [3.05, 3.63) is 28.8 Å². The average molecular weight is 222 g/mol. The second-order valence-electron chi connectivity index (χ2n) is 3.97. The largest absolute Gasteiger partial charge is 0.496 e. The minimum atomic E-state index is -0.409. The van der Waals surface area contributed by atoms with E-state index in [9.17, 15) is 4.79 Å². The van der Waals surface area contributed by atoms with Gasteiger partial charge < -0.3 is 16.2 Å². The molecule has 1 aromatic rings. The van der Waals surface area contributed by atoms with E-state index in [1.165, 1.54) is 0 Å². The summed E-state index contributed by atoms with van der Waals surface area (Å²) in [7, 11) is 1.59. The van der Waals surface area contributed by atoms with Crippen LogP contribution in [0.5, 0.6) is 5.75 Å². The van der Waals surface area contributed by atoms with Crippen LogP contribution < -0.4 is 16.2 Å². The predicted octanol–water partition coefficient (Wildman–Crippen LogP) is 1.19. The SMILES string of the molecule is COc1cc(C)cc(C)c1C(N)CC(N)=O. The minimum Gasteiger partial charge on any atom is -0.496 e. The van der Waals surface area contributed by atoms with Crippen molar-refractivity contribution < 1.29 is 9.53 Å². The molecule has 0 fully saturated rings. The van der Waals surface area contributed by atoms with E-state index in [0.717, 1.165) is 16.7 Å². The van der Waals surface area contributed by atoms with Crippen LogP contribution in [0.4, 0.5) is 0 Å². The zero-order chi connectivity index (χ0) is 12.3. The number of carbonyl (C=O) groups excluding carboxylic acids is 1. The molecule has 16 heavy (non-hydrogen) atoms. The number of methoxy groups -OCH3 is 1. The van der Waals surface area contributed by atoms with Crippen LogP contribution in [0.1, 0.15) is 29.2 Å². The molecular formula is C12H18N2O2. The summed E-state index contributed by atoms with van der Waals surface area (Å²) in [6.45, 7) is 3.94. The maximum absolute atomic E-state index is 10.9. The van der Waals surface area contributed by atoms with Gasteiger partial charge in [0.25, 0.3) is 0 Å². The fraction of sp³-hybridized carbons (Fsp3) is 0.417. The molecule has 0 bridgehead atoms. The normalized spacial score (nSPS) is 12.2. The van der Waals surface area contributed by atoms with Crippen molar-refractivity contribution in [2.24, 2.45) is 11.5 Å². The fourth-order valence-electron chi connectivity index (χ4n) is 1.90. The molecule has 88 valence electrons. The van der Waals surface area contributed by atoms with Crippen molar-refractivity contribution in [2.45, 2.75) is 26.3 Å². The molecular weight excluding hydrogens is 204 g/mol. The first-order valence-corrected chi connectivity index (χ1v) is 5.14. The van der Waals surface area contributed by atoms with Crippen LogP contribution in [0.2, 0.25) is 0 Å². The maximum Gasteiger partial charge on any atom is 0.219 e. The number of hydrogen-bond donors (Lipinski definition) is 2. The van der Waals surface area contributed by atoms with Crippen LogP contribution in [-0.4, -0.2) is 13.0 Å². The highest BCUT2D eigenvalue weighted by molar-refractivity contribution is 5.75. The second-order valence-corrected chi connectivity index (χ2v) is 3.97. The van der Waals surface area contributed by atoms with E-state index in [1.807, 2.05) is 26.0 Å². The molecule has 0 aromatic heterocycles. The Hall–Kier alpha value is -1.55. The molecule has 0 saturated heterocycles. The quantitative estimate of drug-likeness (QED) is 0.803. The summed E-state index contributed by atoms with van der Waals surface area (Å²) >= 11 is 0. The Morgan fingerprint density at radius 2 is 2.06 bits per heavy atom. The summed E-state index contributed by atoms with van der Waals surface area (Å²) in [5.74, 6) is 0.306. The van der Waals surface area contributed by atoms with E-state index in [-0.39, 0.29) is 6.42 Å². The van der Waals surface area contributed by atoms with Gasteiger partial charge in [0.1, 0.15) is 5.75 Å². The third-order valence-corrected chi connectivity index (χ3v) is 2.51. The van der Waals surface area contributed by atoms with Crippen molar-refractivity contribution in [3.8, 4) is 5.75 Å². The molecule has 1 amide bonds. The third kappa shape index (κ3) is 2.73. The van der Waals surface area contributed by atoms with Gasteiger partial charge >= 0.3 is 0 Å². The van der Waals surface area contributed by atoms with Crippen LogP contribution >= 0.6 is 0 Å². The molecule has 1 atom stereocenters. The number of ether oxygens (including phenoxy) is 1. The van der Waals surface area contributed by atoms with E-state index >= 15 is 0 Å². The van der Waals surface area contributed by atoms with Gasteiger partial charge in [0.15, 0.2) is 0 Å². The lowest BCUT2D eigenvalue weighted by atomic mass is 9.96. The molecule has 1 unspecified atom stereocenters. The van der Waals surface area contributed by atoms with Gasteiger partial charge in [-0.25, -0.2) is 0 Å². The van der Waals surface area contributed by atoms with Gasteiger partial charge in [0, 0.05) is 18.0 Å². The standard InChI is InChI=1S/C12H18N2O2/c1-7-4-8(2)12(10(5-7)16-3)9(13)6-11(14)15/h4-5,9H,6,13H2,1-3H3,(H2,14,15). The van der Waals surface area contributed by atoms with Gasteiger partial charge in [-0.15, -0.1) is 0 Å². The van der Waals surface area contributed by atoms with Crippen LogP contribution in [-0.2, 0) is 4.79 Å². The van der Waals surface area contributed by atoms with E-state index in [4.69, 9.17) is 16.2 Å². The van der Waals surface area contributed by atoms with Crippen LogP contribution in [0.3, 0.4) is 0 Å². The molecule has 4 N–H and O–H groups in total. The minimum absolute atomic E-state index is 0.125. The number of rotatable bonds is 4. The van der Waals surface area contributed by atoms with Crippen LogP contribution in [0.25, 0.3) is 0 Å². The predicted molar refractivity (Wildman–Crippen MR) is 63.2 cm³/mol. The summed E-state index contributed by atoms with van der Waals surface area (Å²) in [4.78, 5) is 10.9. The highest BCUT2D eigenvalue weighted by Crippen LogP contribution is 2.30. The van der Waals surface area contributed by atoms with Crippen molar-refractivity contribution in [1.82, 2.24) is 0 Å². The molecule has 0 saturated carbocycles. The molecule has 4 nitrogen and oxygen atoms in total. The van der Waals surface area contributed by atoms with Gasteiger partial charge in [-0.2, -0.15) is 0 Å². The first kappa shape index (κ1) is 12.5. The Bertz CT molecular complexity index is 402. The van der Waals surface area contributed by atoms with E-state index < -0.39 is 11.9 Å². The highest BCUT2D eigenvalue weighted by Gasteiger charge is 2.17. The average Bonchev–Trinajstić information content (AvgIpc) is 2.14. The molecule has 0 aliphatic heterocycles. The number of benzene rings is 1. The van der Waals surface area contributed by atoms with E-state index in [0.29, 0.717) is 5.75 Å². The molecule has 0 heterocycles. The van der Waals surface area contributed by atoms with Gasteiger partial charge in [-0.1, -0.05) is 6.07 Å². The summed E-state index contributed by atoms with van der Waals surface area (Å²) in [6, 6.07) is 3.51. The number of hydrogen-bond acceptors (Lipinski definition) is 3. The van der Waals surface area contributed by atoms with Gasteiger partial charge in [-0.05, 0) is 31.0 Å². The van der Waals surface area contributed by atoms with Gasteiger partial charge in [0.2, 0.25) is 5.91 Å². The third-order valence-electron chi connectivity index (χ3n) is 2.51. The number of nitrogens with two attached hydrogens (primary N) is 2. The van der Waals surface area contributed by atoms with Crippen LogP contribution in [0, 0.1) is 13.8 Å². The molecule has 0 spiro atoms. The topological polar surface area (TPSA) is 78.3 Å². The lowest BCUT2D eigenvalue weighted by Gasteiger charge is -2.18. The number of aryl methyl sites for hydroxylation is 2. The smallest absolute Gasteiger partial charge is 0.219 e. The zero-order valence-electron chi connectivity index (χ0n) is 9.91. The zero-order valence-corrected chi connectivity index (χ0v) is 9.91. The maximum atomic E-state index is 10.9. The Kier molecular flexibility index (Phi) is 3.90. The fourth-order valence-corrected chi connectivity index (χ4v) is 1.90. The van der Waals surface area contributed by atoms with E-state index in [2.05, 4.69) is 0 Å². The second kappa shape index (κ2) is 4.99. The molecule has 0 radical (unpaired) electrons. The molecule has 0 aliphatic rings. The monoisotopic (exact) mass is 222 g/mol. The number of amides is 1. The van der Waals surface area contributed by atoms with Crippen molar-refractivity contribution in [2.75, 3.05) is 7.11 Å². The Morgan fingerprint density at radius 1 is 1.44 bits per heavy atom. The first-order valence-electron chi connectivity index (χ1n) is 5.14. The van der Waals surface area contributed by atoms with Gasteiger partial charge in [-0.3, -0.25) is 4.79 Å². The Labute approximate surface area is 95.6 Å². The van der Waals surface area contributed by atoms with Crippen LogP contribution in [0.15, 0.2) is 12.1 Å². The molecule has 0 aliphatic carbocycles. The summed E-state index contributed by atoms with van der Waals surface area (Å²) in [5, 5.41) is 0. The Balaban J connectivity index is 3.15. The molecule has 1 aromatic carbocycles. The van der Waals surface area contributed by atoms with Gasteiger partial charge in [0.05, 0.1) is 7.11 Å². The van der Waals surface area contributed by atoms with Crippen molar-refractivity contribution in [3.63, 3.8) is 0 Å². The number of primary amides is 1. The highest BCUT2D eigenvalue weighted by atomic mass is 16.5. The van der Waals surface area contributed by atoms with Crippen molar-refractivity contribution >= 4 is 5.91 Å². The summed E-state index contributed by atoms with van der Waals surface area (Å²) < 4.78 is 5.28. The number of carbonyl (C=O) groups is 1.